The van der Waals surface area contributed by atoms with Gasteiger partial charge in [-0.05, 0) is 58.1 Å². The van der Waals surface area contributed by atoms with Crippen LogP contribution in [0.15, 0.2) is 108 Å². The lowest BCUT2D eigenvalue weighted by Gasteiger charge is -2.20. The minimum atomic E-state index is 0.0164. The number of pyridine rings is 1. The van der Waals surface area contributed by atoms with Crippen LogP contribution >= 0.6 is 11.3 Å². The molecule has 0 aliphatic carbocycles. The molecule has 0 aliphatic heterocycles. The van der Waals surface area contributed by atoms with Crippen LogP contribution < -0.4 is 0 Å². The van der Waals surface area contributed by atoms with Crippen LogP contribution in [-0.2, 0) is 5.41 Å². The largest absolute Gasteiger partial charge is 0.256 e. The second-order valence-corrected chi connectivity index (χ2v) is 11.2. The third kappa shape index (κ3) is 4.56. The Balaban J connectivity index is 1.48. The van der Waals surface area contributed by atoms with E-state index in [1.807, 2.05) is 30.6 Å². The van der Waals surface area contributed by atoms with Crippen LogP contribution in [0.1, 0.15) is 31.9 Å². The molecule has 6 rings (SSSR count). The molecule has 4 aromatic carbocycles. The zero-order valence-corrected chi connectivity index (χ0v) is 22.0. The molecule has 6 aromatic rings. The molecule has 2 aromatic heterocycles. The maximum absolute atomic E-state index is 5.15. The third-order valence-corrected chi connectivity index (χ3v) is 7.64. The van der Waals surface area contributed by atoms with E-state index < -0.39 is 0 Å². The fourth-order valence-electron chi connectivity index (χ4n) is 4.56. The molecular weight excluding hydrogens is 470 g/mol. The van der Waals surface area contributed by atoms with Gasteiger partial charge in [-0.15, -0.1) is 11.3 Å². The number of rotatable bonds is 4. The van der Waals surface area contributed by atoms with Crippen LogP contribution in [0.2, 0.25) is 0 Å². The Morgan fingerprint density at radius 2 is 1.57 bits per heavy atom. The molecule has 0 atom stereocenters. The van der Waals surface area contributed by atoms with Crippen molar-refractivity contribution in [1.82, 2.24) is 9.97 Å². The van der Waals surface area contributed by atoms with Gasteiger partial charge >= 0.3 is 0 Å². The Hall–Kier alpha value is -4.15. The van der Waals surface area contributed by atoms with Crippen LogP contribution in [0.4, 0.5) is 5.69 Å². The van der Waals surface area contributed by atoms with E-state index in [0.717, 1.165) is 43.3 Å². The number of para-hydroxylation sites is 1. The topological polar surface area (TPSA) is 38.1 Å². The molecule has 0 bridgehead atoms. The number of hydrogen-bond acceptors (Lipinski definition) is 4. The van der Waals surface area contributed by atoms with Crippen LogP contribution in [-0.4, -0.2) is 16.2 Å². The van der Waals surface area contributed by atoms with Crippen molar-refractivity contribution in [2.45, 2.75) is 26.2 Å². The quantitative estimate of drug-likeness (QED) is 0.228. The van der Waals surface area contributed by atoms with E-state index in [0.29, 0.717) is 0 Å². The molecule has 4 heteroatoms. The summed E-state index contributed by atoms with van der Waals surface area (Å²) in [7, 11) is 0. The highest BCUT2D eigenvalue weighted by molar-refractivity contribution is 7.21. The zero-order chi connectivity index (χ0) is 25.4. The van der Waals surface area contributed by atoms with Crippen molar-refractivity contribution < 1.29 is 0 Å². The van der Waals surface area contributed by atoms with Crippen LogP contribution in [0, 0.1) is 0 Å². The molecule has 0 saturated heterocycles. The molecule has 0 amide bonds. The maximum Gasteiger partial charge on any atom is 0.126 e. The van der Waals surface area contributed by atoms with E-state index in [1.165, 1.54) is 16.3 Å². The predicted molar refractivity (Wildman–Crippen MR) is 158 cm³/mol. The van der Waals surface area contributed by atoms with Gasteiger partial charge < -0.3 is 0 Å². The minimum absolute atomic E-state index is 0.0164. The first-order chi connectivity index (χ1) is 18.0. The van der Waals surface area contributed by atoms with Crippen LogP contribution in [0.3, 0.4) is 0 Å². The standard InChI is InChI=1S/C33H27N3S/c1-33(2,3)24-19-27(29-17-8-9-18-34-29)31-30(20-24)37-32(36-31)26-15-6-7-16-28(26)35-21-23-13-10-12-22-11-4-5-14-25(22)23/h4-21H,1-3H3. The summed E-state index contributed by atoms with van der Waals surface area (Å²) in [5.74, 6) is 0. The molecule has 37 heavy (non-hydrogen) atoms. The molecule has 0 spiro atoms. The predicted octanol–water partition coefficient (Wildman–Crippen LogP) is 9.23. The van der Waals surface area contributed by atoms with Crippen LogP contribution in [0.5, 0.6) is 0 Å². The summed E-state index contributed by atoms with van der Waals surface area (Å²) in [6, 6.07) is 33.6. The van der Waals surface area contributed by atoms with E-state index in [9.17, 15) is 0 Å². The maximum atomic E-state index is 5.15. The van der Waals surface area contributed by atoms with Crippen molar-refractivity contribution in [2.24, 2.45) is 4.99 Å². The summed E-state index contributed by atoms with van der Waals surface area (Å²) in [6.45, 7) is 6.74. The summed E-state index contributed by atoms with van der Waals surface area (Å²) < 4.78 is 1.16. The first-order valence-corrected chi connectivity index (χ1v) is 13.3. The first-order valence-electron chi connectivity index (χ1n) is 12.4. The molecule has 180 valence electrons. The Morgan fingerprint density at radius 1 is 0.784 bits per heavy atom. The Labute approximate surface area is 221 Å². The second-order valence-electron chi connectivity index (χ2n) is 10.2. The van der Waals surface area contributed by atoms with E-state index in [4.69, 9.17) is 9.98 Å². The molecular formula is C33H27N3S. The SMILES string of the molecule is CC(C)(C)c1cc(-c2ccccn2)c2nc(-c3ccccc3N=Cc3cccc4ccccc34)sc2c1. The molecule has 0 aliphatic rings. The summed E-state index contributed by atoms with van der Waals surface area (Å²) >= 11 is 1.72. The smallest absolute Gasteiger partial charge is 0.126 e. The van der Waals surface area contributed by atoms with Crippen molar-refractivity contribution in [3.05, 3.63) is 114 Å². The monoisotopic (exact) mass is 497 g/mol. The fourth-order valence-corrected chi connectivity index (χ4v) is 5.63. The molecule has 0 radical (unpaired) electrons. The van der Waals surface area contributed by atoms with Gasteiger partial charge in [0.15, 0.2) is 0 Å². The van der Waals surface area contributed by atoms with Gasteiger partial charge in [0, 0.05) is 29.1 Å². The molecule has 3 nitrogen and oxygen atoms in total. The Kier molecular flexibility index (Phi) is 5.90. The van der Waals surface area contributed by atoms with E-state index in [-0.39, 0.29) is 5.41 Å². The summed E-state index contributed by atoms with van der Waals surface area (Å²) in [4.78, 5) is 14.7. The molecule has 0 saturated carbocycles. The van der Waals surface area contributed by atoms with Gasteiger partial charge in [0.25, 0.3) is 0 Å². The third-order valence-electron chi connectivity index (χ3n) is 6.60. The second kappa shape index (κ2) is 9.38. The van der Waals surface area contributed by atoms with Crippen molar-refractivity contribution in [3.8, 4) is 21.8 Å². The number of nitrogens with zero attached hydrogens (tertiary/aromatic N) is 3. The lowest BCUT2D eigenvalue weighted by molar-refractivity contribution is 0.591. The van der Waals surface area contributed by atoms with Gasteiger partial charge in [-0.25, -0.2) is 4.98 Å². The van der Waals surface area contributed by atoms with Gasteiger partial charge in [0.1, 0.15) is 5.01 Å². The van der Waals surface area contributed by atoms with Gasteiger partial charge in [0.05, 0.1) is 21.6 Å². The highest BCUT2D eigenvalue weighted by atomic mass is 32.1. The normalized spacial score (nSPS) is 12.1. The van der Waals surface area contributed by atoms with Crippen molar-refractivity contribution in [1.29, 1.82) is 0 Å². The van der Waals surface area contributed by atoms with E-state index >= 15 is 0 Å². The number of aromatic nitrogens is 2. The van der Waals surface area contributed by atoms with Crippen molar-refractivity contribution in [3.63, 3.8) is 0 Å². The fraction of sp³-hybridized carbons (Fsp3) is 0.121. The number of hydrogen-bond donors (Lipinski definition) is 0. The Bertz CT molecular complexity index is 1750. The summed E-state index contributed by atoms with van der Waals surface area (Å²) in [6.07, 6.45) is 3.81. The first kappa shape index (κ1) is 23.3. The van der Waals surface area contributed by atoms with E-state index in [1.54, 1.807) is 11.3 Å². The highest BCUT2D eigenvalue weighted by Gasteiger charge is 2.20. The zero-order valence-electron chi connectivity index (χ0n) is 21.1. The number of fused-ring (bicyclic) bond motifs is 2. The van der Waals surface area contributed by atoms with E-state index in [2.05, 4.69) is 105 Å². The van der Waals surface area contributed by atoms with Gasteiger partial charge in [-0.3, -0.25) is 9.98 Å². The Morgan fingerprint density at radius 3 is 2.41 bits per heavy atom. The number of benzene rings is 4. The lowest BCUT2D eigenvalue weighted by atomic mass is 9.85. The average molecular weight is 498 g/mol. The number of aliphatic imine (C=N–C) groups is 1. The van der Waals surface area contributed by atoms with Crippen molar-refractivity contribution >= 4 is 44.2 Å². The summed E-state index contributed by atoms with van der Waals surface area (Å²) in [5.41, 5.74) is 7.33. The van der Waals surface area contributed by atoms with Gasteiger partial charge in [-0.2, -0.15) is 0 Å². The molecule has 0 N–H and O–H groups in total. The number of thiazole rings is 1. The molecule has 2 heterocycles. The minimum Gasteiger partial charge on any atom is -0.256 e. The van der Waals surface area contributed by atoms with Crippen molar-refractivity contribution in [2.75, 3.05) is 0 Å². The van der Waals surface area contributed by atoms with Crippen LogP contribution in [0.25, 0.3) is 42.8 Å². The highest BCUT2D eigenvalue weighted by Crippen LogP contribution is 2.41. The lowest BCUT2D eigenvalue weighted by Crippen LogP contribution is -2.11. The van der Waals surface area contributed by atoms with Gasteiger partial charge in [-0.1, -0.05) is 81.4 Å². The average Bonchev–Trinajstić information content (AvgIpc) is 3.36. The van der Waals surface area contributed by atoms with Gasteiger partial charge in [0.2, 0.25) is 0 Å². The molecule has 0 fully saturated rings. The summed E-state index contributed by atoms with van der Waals surface area (Å²) in [5, 5.41) is 3.37. The molecule has 0 unspecified atom stereocenters.